The average molecular weight is 1190 g/mol. The van der Waals surface area contributed by atoms with Gasteiger partial charge in [-0.2, -0.15) is 9.58 Å². The molecule has 5 heterocycles. The van der Waals surface area contributed by atoms with Crippen molar-refractivity contribution in [3.05, 3.63) is 162 Å². The summed E-state index contributed by atoms with van der Waals surface area (Å²) < 4.78 is 472. The predicted octanol–water partition coefficient (Wildman–Crippen LogP) is 16.7. The Kier molecular flexibility index (Phi) is 13.6. The van der Waals surface area contributed by atoms with Crippen molar-refractivity contribution in [1.82, 2.24) is 19.5 Å². The van der Waals surface area contributed by atoms with E-state index in [4.69, 9.17) is 0 Å². The average Bonchev–Trinajstić information content (AvgIpc) is 4.03. The van der Waals surface area contributed by atoms with E-state index in [2.05, 4.69) is 9.97 Å². The fourth-order valence-electron chi connectivity index (χ4n) is 8.01. The third kappa shape index (κ3) is 7.40. The molecule has 0 saturated carbocycles. The van der Waals surface area contributed by atoms with Crippen LogP contribution in [0.1, 0.15) is 22.8 Å². The summed E-state index contributed by atoms with van der Waals surface area (Å²) in [6, 6.07) is 0. The molecule has 3 aromatic heterocycles. The van der Waals surface area contributed by atoms with Crippen LogP contribution in [-0.2, 0) is 0 Å². The minimum absolute atomic E-state index is 0. The fourth-order valence-corrected chi connectivity index (χ4v) is 8.01. The molecular weight excluding hydrogens is 1190 g/mol. The number of hydrogen-bond donors (Lipinski definition) is 0. The number of benzene rings is 4. The monoisotopic (exact) mass is 1190 g/mol. The molecule has 0 N–H and O–H groups in total. The van der Waals surface area contributed by atoms with E-state index in [-0.39, 0.29) is 12.4 Å². The van der Waals surface area contributed by atoms with Crippen molar-refractivity contribution in [1.29, 1.82) is 0 Å². The van der Waals surface area contributed by atoms with Gasteiger partial charge >= 0.3 is 0 Å². The molecule has 0 spiro atoms. The molecular formula is C44HClF30N4. The van der Waals surface area contributed by atoms with Crippen LogP contribution in [-0.4, -0.2) is 19.5 Å². The summed E-state index contributed by atoms with van der Waals surface area (Å²) in [6.45, 7) is 0. The molecule has 0 amide bonds. The Hall–Kier alpha value is -8.33. The van der Waals surface area contributed by atoms with E-state index in [0.29, 0.717) is 0 Å². The van der Waals surface area contributed by atoms with Gasteiger partial charge in [-0.3, -0.25) is 0 Å². The maximum absolute atomic E-state index is 17.3. The highest BCUT2D eigenvalue weighted by molar-refractivity contribution is 6.05. The number of rotatable bonds is 4. The summed E-state index contributed by atoms with van der Waals surface area (Å²) >= 11 is 0. The zero-order valence-electron chi connectivity index (χ0n) is 35.5. The molecule has 0 radical (unpaired) electrons. The van der Waals surface area contributed by atoms with Crippen LogP contribution in [0.3, 0.4) is 0 Å². The summed E-state index contributed by atoms with van der Waals surface area (Å²) in [6.07, 6.45) is 0. The van der Waals surface area contributed by atoms with Gasteiger partial charge in [0, 0.05) is 22.3 Å². The Morgan fingerprint density at radius 1 is 0.177 bits per heavy atom. The van der Waals surface area contributed by atoms with Crippen LogP contribution < -0.4 is 0 Å². The van der Waals surface area contributed by atoms with Gasteiger partial charge in [0.2, 0.25) is 23.3 Å². The lowest BCUT2D eigenvalue weighted by Crippen LogP contribution is -2.07. The van der Waals surface area contributed by atoms with Crippen molar-refractivity contribution >= 4 is 57.8 Å². The van der Waals surface area contributed by atoms with Crippen LogP contribution in [0.15, 0.2) is 0 Å². The second-order valence-electron chi connectivity index (χ2n) is 15.4. The quantitative estimate of drug-likeness (QED) is 0.100. The van der Waals surface area contributed by atoms with Gasteiger partial charge < -0.3 is 0 Å². The highest BCUT2D eigenvalue weighted by Gasteiger charge is 2.44. The van der Waals surface area contributed by atoms with Crippen molar-refractivity contribution in [3.63, 3.8) is 0 Å². The number of halogens is 31. The van der Waals surface area contributed by atoms with E-state index in [9.17, 15) is 52.7 Å². The summed E-state index contributed by atoms with van der Waals surface area (Å²) in [5.41, 5.74) is -51.3. The lowest BCUT2D eigenvalue weighted by atomic mass is 10.00. The van der Waals surface area contributed by atoms with Crippen LogP contribution in [0.4, 0.5) is 132 Å². The van der Waals surface area contributed by atoms with Gasteiger partial charge in [-0.05, 0) is 0 Å². The Bertz CT molecular complexity index is 3630. The van der Waals surface area contributed by atoms with Gasteiger partial charge in [0.25, 0.3) is 0 Å². The van der Waals surface area contributed by atoms with Crippen LogP contribution in [0, 0.1) is 140 Å². The van der Waals surface area contributed by atoms with Crippen molar-refractivity contribution in [2.75, 3.05) is 0 Å². The Labute approximate surface area is 415 Å². The largest absolute Gasteiger partial charge is 0.241 e. The molecule has 2 aliphatic heterocycles. The fraction of sp³-hybridized carbons (Fsp3) is 0. The molecule has 35 heteroatoms. The van der Waals surface area contributed by atoms with Crippen molar-refractivity contribution in [3.8, 4) is 44.5 Å². The summed E-state index contributed by atoms with van der Waals surface area (Å²) in [4.78, 5) is 0.612. The van der Waals surface area contributed by atoms with Gasteiger partial charge in [0.15, 0.2) is 140 Å². The molecule has 0 aliphatic carbocycles. The molecule has 4 aromatic carbocycles. The first-order chi connectivity index (χ1) is 36.3. The van der Waals surface area contributed by atoms with Gasteiger partial charge in [-0.15, -0.1) is 12.4 Å². The normalized spacial score (nSPS) is 12.7. The van der Waals surface area contributed by atoms with E-state index in [1.54, 1.807) is 0 Å². The molecule has 9 rings (SSSR count). The van der Waals surface area contributed by atoms with Crippen LogP contribution in [0.2, 0.25) is 0 Å². The van der Waals surface area contributed by atoms with Crippen molar-refractivity contribution in [2.45, 2.75) is 0 Å². The van der Waals surface area contributed by atoms with Gasteiger partial charge in [0.05, 0.1) is 22.3 Å². The summed E-state index contributed by atoms with van der Waals surface area (Å²) in [7, 11) is 0. The van der Waals surface area contributed by atoms with Gasteiger partial charge in [-0.25, -0.2) is 133 Å². The molecule has 4 nitrogen and oxygen atoms in total. The minimum atomic E-state index is -3.61. The number of aromatic nitrogens is 4. The first-order valence-electron chi connectivity index (χ1n) is 19.4. The second-order valence-corrected chi connectivity index (χ2v) is 15.4. The minimum Gasteiger partial charge on any atom is -0.241 e. The number of fused-ring (bicyclic) bond motifs is 8. The van der Waals surface area contributed by atoms with Crippen molar-refractivity contribution < 1.29 is 132 Å². The lowest BCUT2D eigenvalue weighted by Gasteiger charge is -2.12. The van der Waals surface area contributed by atoms with Crippen LogP contribution in [0.25, 0.3) is 89.9 Å². The topological polar surface area (TPSA) is 35.6 Å². The van der Waals surface area contributed by atoms with E-state index >= 15 is 79.2 Å². The Morgan fingerprint density at radius 2 is 0.304 bits per heavy atom. The number of nitrogens with zero attached hydrogens (tertiary/aromatic N) is 4. The SMILES string of the molecule is Cl.FC1=C(F)c2nc1c(-c1c(F)c(F)c(F)c(F)c1F)c1c(F)c(F)c(c(-c3c(F)c(F)c(F)c(F)c3F)c3nc(c(-c4c(F)c(F)c(F)c(F)c4F)c4c(F)c(F)c(c2-c2c(F)c(F)c(F)c(F)c2F)n4F)C(F)=C3F)n1F. The molecule has 2 aliphatic rings. The molecule has 7 aromatic rings. The maximum atomic E-state index is 17.3. The maximum Gasteiger partial charge on any atom is 0.200 e. The third-order valence-electron chi connectivity index (χ3n) is 11.4. The molecule has 8 bridgehead atoms. The second kappa shape index (κ2) is 18.9. The summed E-state index contributed by atoms with van der Waals surface area (Å²) in [5.74, 6) is -97.7. The Morgan fingerprint density at radius 3 is 0.443 bits per heavy atom. The molecule has 0 fully saturated rings. The first-order valence-corrected chi connectivity index (χ1v) is 19.4. The van der Waals surface area contributed by atoms with Gasteiger partial charge in [0.1, 0.15) is 44.8 Å². The van der Waals surface area contributed by atoms with E-state index < -0.39 is 262 Å². The lowest BCUT2D eigenvalue weighted by molar-refractivity contribution is 0.380. The van der Waals surface area contributed by atoms with Crippen molar-refractivity contribution in [2.24, 2.45) is 0 Å². The number of hydrogen-bond acceptors (Lipinski definition) is 2. The van der Waals surface area contributed by atoms with Crippen LogP contribution >= 0.6 is 12.4 Å². The highest BCUT2D eigenvalue weighted by Crippen LogP contribution is 2.52. The van der Waals surface area contributed by atoms with E-state index in [1.807, 2.05) is 0 Å². The molecule has 414 valence electrons. The molecule has 0 atom stereocenters. The smallest absolute Gasteiger partial charge is 0.200 e. The van der Waals surface area contributed by atoms with E-state index in [0.717, 1.165) is 0 Å². The van der Waals surface area contributed by atoms with Crippen LogP contribution in [0.5, 0.6) is 0 Å². The predicted molar refractivity (Wildman–Crippen MR) is 207 cm³/mol. The first kappa shape index (κ1) is 56.9. The third-order valence-corrected chi connectivity index (χ3v) is 11.4. The zero-order valence-corrected chi connectivity index (χ0v) is 36.4. The van der Waals surface area contributed by atoms with Gasteiger partial charge in [-0.1, -0.05) is 8.96 Å². The standard InChI is InChI=1S/C44F30N4.ClH/c45-9-1(10(46)18(54)25(61)17(9)53)5-37-29(65)30(66)38(75-37)6(2-11(47)19(55)26(62)20(56)12(2)48)43-35(71)36(72)44(78(43)74)8(4-15(51)23(59)28(64)24(60)16(4)52)40-32(68)31(67)39(76-40)7(42-34(70)33(69)41(5)77(42)73)3-13(49)21(57)27(63)22(58)14(3)50;/h;1H. The molecule has 79 heavy (non-hydrogen) atoms. The molecule has 0 saturated heterocycles. The summed E-state index contributed by atoms with van der Waals surface area (Å²) in [5, 5.41) is 0. The zero-order chi connectivity index (χ0) is 58.0. The highest BCUT2D eigenvalue weighted by atomic mass is 35.5. The Balaban J connectivity index is 0.00000822. The molecule has 0 unspecified atom stereocenters. The van der Waals surface area contributed by atoms with E-state index in [1.165, 1.54) is 0 Å².